The van der Waals surface area contributed by atoms with Gasteiger partial charge in [-0.3, -0.25) is 0 Å². The Morgan fingerprint density at radius 3 is 1.19 bits per heavy atom. The number of aromatic nitrogens is 9. The fraction of sp³-hybridized carbons (Fsp3) is 0.342. The highest BCUT2D eigenvalue weighted by Gasteiger charge is 2.31. The summed E-state index contributed by atoms with van der Waals surface area (Å²) in [6.07, 6.45) is 18.3. The number of ether oxygens (including phenoxy) is 3. The number of anilines is 3. The van der Waals surface area contributed by atoms with Crippen molar-refractivity contribution in [2.45, 2.75) is 103 Å². The van der Waals surface area contributed by atoms with Crippen molar-refractivity contribution in [1.82, 2.24) is 56.7 Å². The minimum Gasteiger partial charge on any atom is -0.474 e. The van der Waals surface area contributed by atoms with Crippen LogP contribution in [0.4, 0.5) is 17.1 Å². The number of pyridine rings is 3. The summed E-state index contributed by atoms with van der Waals surface area (Å²) >= 11 is 6.54. The normalized spacial score (nSPS) is 16.7. The number of hydrogen-bond acceptors (Lipinski definition) is 18. The Morgan fingerprint density at radius 1 is 0.426 bits per heavy atom. The number of hydrogen-bond donors (Lipinski definition) is 3. The number of nitrogens with one attached hydrogen (secondary N) is 3. The van der Waals surface area contributed by atoms with E-state index in [9.17, 15) is 25.3 Å². The maximum atomic E-state index is 11.9. The number of aryl methyl sites for hydroxylation is 1. The van der Waals surface area contributed by atoms with Crippen LogP contribution >= 0.6 is 11.6 Å². The molecule has 3 N–H and O–H groups in total. The fourth-order valence-corrected chi connectivity index (χ4v) is 16.2. The fourth-order valence-electron chi connectivity index (χ4n) is 13.3. The first kappa shape index (κ1) is 70.2. The van der Waals surface area contributed by atoms with Crippen molar-refractivity contribution < 1.29 is 39.5 Å². The van der Waals surface area contributed by atoms with E-state index >= 15 is 0 Å². The van der Waals surface area contributed by atoms with Crippen molar-refractivity contribution in [3.8, 4) is 17.6 Å². The van der Waals surface area contributed by atoms with Gasteiger partial charge in [-0.05, 0) is 173 Å². The zero-order chi connectivity index (χ0) is 70.7. The molecule has 3 atom stereocenters. The van der Waals surface area contributed by atoms with Crippen LogP contribution in [-0.4, -0.2) is 158 Å². The molecule has 3 fully saturated rings. The third kappa shape index (κ3) is 16.3. The van der Waals surface area contributed by atoms with Gasteiger partial charge in [-0.15, -0.1) is 0 Å². The smallest absolute Gasteiger partial charge is 0.223 e. The van der Waals surface area contributed by atoms with E-state index in [1.54, 1.807) is 18.6 Å². The molecule has 0 aliphatic carbocycles. The van der Waals surface area contributed by atoms with Gasteiger partial charge in [0.05, 0.1) is 98.0 Å². The van der Waals surface area contributed by atoms with Gasteiger partial charge < -0.3 is 30.2 Å². The monoisotopic (exact) mass is 1440 g/mol. The molecule has 3 saturated heterocycles. The SMILES string of the molecule is C[C@H](Nc1ccnn2cccc12)c1cc2cccc(Cl)c2c(OC2CCN(S(C)(=O)=O)CC2)n1.C[C@H](Nc1ccnn2cccc12)c1cc2ccccc2c(OC2CCN(S(C)(=O)=O)CC2)n1.Cc1cccc2cc([C@H](C)Nc3ccnn4cccc34)nc(OC3CCN(S(C)(=O)=O)CC3)c12. The minimum atomic E-state index is -3.20. The standard InChI is InChI=1S/C25H29N5O3S.C24H26ClN5O3S.C24H27N5O3S/c1-17-6-4-7-19-16-22(18(2)27-21-9-12-26-30-13-5-8-23(21)30)28-25(24(17)19)33-20-10-14-29(15-11-20)34(3,31)32;1-16(27-20-8-11-26-30-12-4-7-22(20)30)21-15-17-5-3-6-19(25)23(17)24(28-21)33-18-9-13-29(14-10-18)34(2,31)32;1-17(26-21-9-12-25-29-13-5-8-23(21)29)22-16-18-6-3-4-7-20(18)24(27-22)32-19-10-14-28(15-11-19)33(2,30)31/h4-9,12-13,16,18,20,27H,10-11,14-15H2,1-3H3;3-8,11-12,15-16,18,27H,9-10,13-14H2,1-2H3;3-9,12-13,16-17,19,26H,10-11,14-15H2,1-2H3/t18-;16-;17-/m000/s1. The van der Waals surface area contributed by atoms with E-state index in [-0.39, 0.29) is 36.4 Å². The molecule has 24 nitrogen and oxygen atoms in total. The third-order valence-corrected chi connectivity index (χ3v) is 23.0. The molecule has 28 heteroatoms. The molecule has 101 heavy (non-hydrogen) atoms. The van der Waals surface area contributed by atoms with Gasteiger partial charge >= 0.3 is 0 Å². The van der Waals surface area contributed by atoms with Crippen LogP contribution in [0.3, 0.4) is 0 Å². The Kier molecular flexibility index (Phi) is 20.7. The molecule has 3 aromatic carbocycles. The second-order valence-electron chi connectivity index (χ2n) is 26.1. The summed E-state index contributed by atoms with van der Waals surface area (Å²) in [5.41, 5.74) is 9.57. The van der Waals surface area contributed by atoms with E-state index < -0.39 is 30.1 Å². The summed E-state index contributed by atoms with van der Waals surface area (Å²) in [5, 5.41) is 30.0. The van der Waals surface area contributed by atoms with Crippen LogP contribution in [0.25, 0.3) is 48.9 Å². The van der Waals surface area contributed by atoms with Crippen LogP contribution in [0.5, 0.6) is 17.6 Å². The van der Waals surface area contributed by atoms with E-state index in [0.29, 0.717) is 100 Å². The molecule has 528 valence electrons. The molecule has 3 aliphatic rings. The third-order valence-electron chi connectivity index (χ3n) is 18.8. The number of piperidine rings is 3. The number of fused-ring (bicyclic) bond motifs is 6. The first-order valence-electron chi connectivity index (χ1n) is 33.8. The molecule has 0 amide bonds. The van der Waals surface area contributed by atoms with Crippen LogP contribution in [-0.2, 0) is 30.1 Å². The molecule has 0 spiro atoms. The highest BCUT2D eigenvalue weighted by molar-refractivity contribution is 7.88. The van der Waals surface area contributed by atoms with Gasteiger partial charge in [0.25, 0.3) is 0 Å². The van der Waals surface area contributed by atoms with Crippen molar-refractivity contribution in [3.05, 3.63) is 198 Å². The van der Waals surface area contributed by atoms with Crippen LogP contribution in [0, 0.1) is 6.92 Å². The Hall–Kier alpha value is -9.22. The number of benzene rings is 3. The summed E-state index contributed by atoms with van der Waals surface area (Å²) < 4.78 is 100. The molecule has 12 heterocycles. The molecule has 15 rings (SSSR count). The van der Waals surface area contributed by atoms with Gasteiger partial charge in [-0.25, -0.2) is 66.7 Å². The average Bonchev–Trinajstić information content (AvgIpc) is 1.38. The first-order valence-corrected chi connectivity index (χ1v) is 39.7. The number of sulfonamides is 3. The van der Waals surface area contributed by atoms with Gasteiger partial charge in [-0.1, -0.05) is 60.1 Å². The molecular formula is C73H82ClN15O9S3. The molecule has 0 saturated carbocycles. The van der Waals surface area contributed by atoms with Gasteiger partial charge in [-0.2, -0.15) is 15.3 Å². The maximum absolute atomic E-state index is 11.9. The molecule has 0 unspecified atom stereocenters. The summed E-state index contributed by atoms with van der Waals surface area (Å²) in [5.74, 6) is 1.68. The highest BCUT2D eigenvalue weighted by Crippen LogP contribution is 2.38. The lowest BCUT2D eigenvalue weighted by molar-refractivity contribution is 0.131. The van der Waals surface area contributed by atoms with Crippen LogP contribution in [0.2, 0.25) is 5.02 Å². The summed E-state index contributed by atoms with van der Waals surface area (Å²) in [4.78, 5) is 14.7. The van der Waals surface area contributed by atoms with Crippen molar-refractivity contribution >= 4 is 108 Å². The van der Waals surface area contributed by atoms with Crippen LogP contribution < -0.4 is 30.2 Å². The highest BCUT2D eigenvalue weighted by atomic mass is 35.5. The lowest BCUT2D eigenvalue weighted by atomic mass is 10.0. The molecular weight excluding hydrogens is 1360 g/mol. The van der Waals surface area contributed by atoms with Gasteiger partial charge in [0.15, 0.2) is 0 Å². The van der Waals surface area contributed by atoms with E-state index in [0.717, 1.165) is 88.6 Å². The van der Waals surface area contributed by atoms with Gasteiger partial charge in [0, 0.05) is 87.2 Å². The molecule has 0 bridgehead atoms. The topological polar surface area (TPSA) is 266 Å². The van der Waals surface area contributed by atoms with Crippen LogP contribution in [0.1, 0.15) is 100 Å². The zero-order valence-electron chi connectivity index (χ0n) is 57.3. The van der Waals surface area contributed by atoms with Gasteiger partial charge in [0.1, 0.15) is 18.3 Å². The molecule has 0 radical (unpaired) electrons. The summed E-state index contributed by atoms with van der Waals surface area (Å²) in [6.45, 7) is 11.0. The quantitative estimate of drug-likeness (QED) is 0.0720. The second kappa shape index (κ2) is 29.8. The van der Waals surface area contributed by atoms with E-state index in [1.165, 1.54) is 31.7 Å². The zero-order valence-corrected chi connectivity index (χ0v) is 60.5. The Labute approximate surface area is 592 Å². The Balaban J connectivity index is 0.000000135. The average molecular weight is 1450 g/mol. The van der Waals surface area contributed by atoms with Crippen molar-refractivity contribution in [1.29, 1.82) is 0 Å². The first-order chi connectivity index (χ1) is 48.5. The number of nitrogens with zero attached hydrogens (tertiary/aromatic N) is 12. The maximum Gasteiger partial charge on any atom is 0.223 e. The Bertz CT molecular complexity index is 5110. The minimum absolute atomic E-state index is 0.0647. The number of rotatable bonds is 18. The lowest BCUT2D eigenvalue weighted by Gasteiger charge is -2.30. The van der Waals surface area contributed by atoms with Gasteiger partial charge in [0.2, 0.25) is 47.7 Å². The molecule has 3 aliphatic heterocycles. The van der Waals surface area contributed by atoms with E-state index in [4.69, 9.17) is 40.8 Å². The lowest BCUT2D eigenvalue weighted by Crippen LogP contribution is -2.41. The largest absolute Gasteiger partial charge is 0.474 e. The molecule has 12 aromatic rings. The van der Waals surface area contributed by atoms with Crippen molar-refractivity contribution in [2.75, 3.05) is 74.0 Å². The summed E-state index contributed by atoms with van der Waals surface area (Å²) in [6, 6.07) is 43.7. The number of halogens is 1. The van der Waals surface area contributed by atoms with E-state index in [2.05, 4.69) is 82.3 Å². The predicted molar refractivity (Wildman–Crippen MR) is 397 cm³/mol. The van der Waals surface area contributed by atoms with Crippen LogP contribution in [0.15, 0.2) is 171 Å². The molecule has 9 aromatic heterocycles. The second-order valence-corrected chi connectivity index (χ2v) is 32.4. The predicted octanol–water partition coefficient (Wildman–Crippen LogP) is 12.5. The van der Waals surface area contributed by atoms with Crippen molar-refractivity contribution in [2.24, 2.45) is 0 Å². The van der Waals surface area contributed by atoms with Crippen molar-refractivity contribution in [3.63, 3.8) is 0 Å². The summed E-state index contributed by atoms with van der Waals surface area (Å²) in [7, 11) is -9.54. The Morgan fingerprint density at radius 2 is 0.772 bits per heavy atom. The van der Waals surface area contributed by atoms with E-state index in [1.807, 2.05) is 142 Å².